The Morgan fingerprint density at radius 2 is 2.22 bits per heavy atom. The van der Waals surface area contributed by atoms with Crippen molar-refractivity contribution in [2.45, 2.75) is 20.4 Å². The molecular weight excluding hydrogens is 262 g/mol. The lowest BCUT2D eigenvalue weighted by Crippen LogP contribution is -2.13. The second-order valence-electron chi connectivity index (χ2n) is 3.57. The van der Waals surface area contributed by atoms with Gasteiger partial charge in [0.05, 0.1) is 5.69 Å². The molecule has 0 aliphatic heterocycles. The number of alkyl halides is 2. The Morgan fingerprint density at radius 3 is 2.72 bits per heavy atom. The molecule has 0 aromatic carbocycles. The highest BCUT2D eigenvalue weighted by Gasteiger charge is 2.15. The van der Waals surface area contributed by atoms with Gasteiger partial charge in [-0.3, -0.25) is 10.1 Å². The number of hydrogen-bond acceptors (Lipinski definition) is 4. The number of nitrogens with zero attached hydrogens (tertiary/aromatic N) is 3. The maximum atomic E-state index is 12.3. The van der Waals surface area contributed by atoms with Crippen LogP contribution in [-0.4, -0.2) is 20.7 Å². The van der Waals surface area contributed by atoms with Crippen LogP contribution >= 0.6 is 11.3 Å². The predicted octanol–water partition coefficient (Wildman–Crippen LogP) is 2.60. The van der Waals surface area contributed by atoms with Crippen molar-refractivity contribution in [3.63, 3.8) is 0 Å². The van der Waals surface area contributed by atoms with Crippen LogP contribution in [0.5, 0.6) is 0 Å². The Morgan fingerprint density at radius 1 is 1.50 bits per heavy atom. The van der Waals surface area contributed by atoms with Crippen LogP contribution in [0.4, 0.5) is 13.9 Å². The lowest BCUT2D eigenvalue weighted by molar-refractivity contribution is 0.0561. The van der Waals surface area contributed by atoms with Crippen LogP contribution in [0.15, 0.2) is 12.3 Å². The highest BCUT2D eigenvalue weighted by molar-refractivity contribution is 7.15. The summed E-state index contributed by atoms with van der Waals surface area (Å²) < 4.78 is 25.0. The van der Waals surface area contributed by atoms with Crippen molar-refractivity contribution in [2.75, 3.05) is 5.32 Å². The number of anilines is 1. The first-order valence-corrected chi connectivity index (χ1v) is 5.87. The number of amides is 1. The van der Waals surface area contributed by atoms with E-state index in [0.29, 0.717) is 9.81 Å². The van der Waals surface area contributed by atoms with Crippen molar-refractivity contribution in [1.82, 2.24) is 14.8 Å². The van der Waals surface area contributed by atoms with Crippen LogP contribution in [-0.2, 0) is 0 Å². The molecule has 0 spiro atoms. The van der Waals surface area contributed by atoms with E-state index in [2.05, 4.69) is 15.4 Å². The van der Waals surface area contributed by atoms with Crippen molar-refractivity contribution in [1.29, 1.82) is 0 Å². The Bertz CT molecular complexity index is 559. The first-order valence-electron chi connectivity index (χ1n) is 5.06. The first-order chi connectivity index (χ1) is 8.47. The van der Waals surface area contributed by atoms with E-state index < -0.39 is 12.5 Å². The van der Waals surface area contributed by atoms with Gasteiger partial charge >= 0.3 is 6.55 Å². The van der Waals surface area contributed by atoms with Crippen LogP contribution in [0.3, 0.4) is 0 Å². The molecule has 0 aliphatic carbocycles. The summed E-state index contributed by atoms with van der Waals surface area (Å²) in [6.07, 6.45) is 1.05. The molecule has 2 aromatic rings. The number of thiazole rings is 1. The van der Waals surface area contributed by atoms with E-state index in [4.69, 9.17) is 0 Å². The van der Waals surface area contributed by atoms with E-state index in [1.54, 1.807) is 0 Å². The average Bonchev–Trinajstić information content (AvgIpc) is 2.87. The van der Waals surface area contributed by atoms with Crippen LogP contribution in [0.2, 0.25) is 0 Å². The number of carbonyl (C=O) groups excluding carboxylic acids is 1. The maximum Gasteiger partial charge on any atom is 0.333 e. The maximum absolute atomic E-state index is 12.3. The Hall–Kier alpha value is -1.83. The molecule has 1 N–H and O–H groups in total. The summed E-state index contributed by atoms with van der Waals surface area (Å²) in [4.78, 5) is 16.8. The van der Waals surface area contributed by atoms with Crippen molar-refractivity contribution < 1.29 is 13.6 Å². The predicted molar refractivity (Wildman–Crippen MR) is 63.0 cm³/mol. The van der Waals surface area contributed by atoms with Gasteiger partial charge in [-0.15, -0.1) is 11.3 Å². The highest BCUT2D eigenvalue weighted by Crippen LogP contribution is 2.21. The summed E-state index contributed by atoms with van der Waals surface area (Å²) in [5.41, 5.74) is 0.759. The molecule has 2 aromatic heterocycles. The minimum Gasteiger partial charge on any atom is -0.296 e. The van der Waals surface area contributed by atoms with Crippen molar-refractivity contribution in [3.8, 4) is 0 Å². The van der Waals surface area contributed by atoms with Gasteiger partial charge in [-0.25, -0.2) is 9.67 Å². The van der Waals surface area contributed by atoms with Crippen LogP contribution in [0.1, 0.15) is 27.6 Å². The fraction of sp³-hybridized carbons (Fsp3) is 0.300. The number of aromatic nitrogens is 3. The third kappa shape index (κ3) is 2.53. The third-order valence-electron chi connectivity index (χ3n) is 2.29. The van der Waals surface area contributed by atoms with Gasteiger partial charge in [0.25, 0.3) is 5.91 Å². The van der Waals surface area contributed by atoms with Gasteiger partial charge in [0.2, 0.25) is 0 Å². The topological polar surface area (TPSA) is 59.8 Å². The molecule has 18 heavy (non-hydrogen) atoms. The molecule has 0 saturated carbocycles. The van der Waals surface area contributed by atoms with Gasteiger partial charge in [0, 0.05) is 11.1 Å². The third-order valence-corrected chi connectivity index (χ3v) is 3.28. The SMILES string of the molecule is Cc1nc(NC(=O)c2ccn(C(F)F)n2)sc1C. The second kappa shape index (κ2) is 4.81. The van der Waals surface area contributed by atoms with E-state index in [9.17, 15) is 13.6 Å². The number of hydrogen-bond donors (Lipinski definition) is 1. The molecule has 0 unspecified atom stereocenters. The van der Waals surface area contributed by atoms with Gasteiger partial charge < -0.3 is 0 Å². The second-order valence-corrected chi connectivity index (χ2v) is 4.78. The quantitative estimate of drug-likeness (QED) is 0.934. The van der Waals surface area contributed by atoms with Crippen molar-refractivity contribution in [3.05, 3.63) is 28.5 Å². The largest absolute Gasteiger partial charge is 0.333 e. The van der Waals surface area contributed by atoms with E-state index in [0.717, 1.165) is 16.8 Å². The Balaban J connectivity index is 2.11. The monoisotopic (exact) mass is 272 g/mol. The zero-order chi connectivity index (χ0) is 13.3. The van der Waals surface area contributed by atoms with Gasteiger partial charge in [0.1, 0.15) is 0 Å². The van der Waals surface area contributed by atoms with E-state index in [1.807, 2.05) is 13.8 Å². The number of halogens is 2. The number of nitrogens with one attached hydrogen (secondary N) is 1. The molecule has 2 rings (SSSR count). The lowest BCUT2D eigenvalue weighted by atomic mass is 10.4. The summed E-state index contributed by atoms with van der Waals surface area (Å²) in [5.74, 6) is -0.553. The van der Waals surface area contributed by atoms with Crippen LogP contribution in [0.25, 0.3) is 0 Å². The Labute approximate surface area is 105 Å². The average molecular weight is 272 g/mol. The van der Waals surface area contributed by atoms with E-state index >= 15 is 0 Å². The minimum absolute atomic E-state index is 0.0687. The standard InChI is InChI=1S/C10H10F2N4OS/c1-5-6(2)18-10(13-5)14-8(17)7-3-4-16(15-7)9(11)12/h3-4,9H,1-2H3,(H,13,14,17). The highest BCUT2D eigenvalue weighted by atomic mass is 32.1. The molecule has 0 aliphatic rings. The molecule has 0 fully saturated rings. The van der Waals surface area contributed by atoms with Crippen molar-refractivity contribution in [2.24, 2.45) is 0 Å². The van der Waals surface area contributed by atoms with Gasteiger partial charge in [-0.1, -0.05) is 0 Å². The summed E-state index contributed by atoms with van der Waals surface area (Å²) in [7, 11) is 0. The Kier molecular flexibility index (Phi) is 3.37. The van der Waals surface area contributed by atoms with Gasteiger partial charge in [-0.05, 0) is 19.9 Å². The van der Waals surface area contributed by atoms with E-state index in [-0.39, 0.29) is 5.69 Å². The molecule has 2 heterocycles. The summed E-state index contributed by atoms with van der Waals surface area (Å²) in [5, 5.41) is 6.42. The number of rotatable bonds is 3. The normalized spacial score (nSPS) is 10.9. The first kappa shape index (κ1) is 12.6. The molecule has 5 nitrogen and oxygen atoms in total. The molecule has 0 radical (unpaired) electrons. The lowest BCUT2D eigenvalue weighted by Gasteiger charge is -1.98. The van der Waals surface area contributed by atoms with Crippen LogP contribution in [0, 0.1) is 13.8 Å². The van der Waals surface area contributed by atoms with E-state index in [1.165, 1.54) is 17.4 Å². The number of aryl methyl sites for hydroxylation is 2. The fourth-order valence-corrected chi connectivity index (χ4v) is 2.06. The number of carbonyl (C=O) groups is 1. The van der Waals surface area contributed by atoms with Crippen LogP contribution < -0.4 is 5.32 Å². The molecule has 96 valence electrons. The smallest absolute Gasteiger partial charge is 0.296 e. The summed E-state index contributed by atoms with van der Waals surface area (Å²) in [6.45, 7) is 0.956. The van der Waals surface area contributed by atoms with Crippen molar-refractivity contribution >= 4 is 22.4 Å². The molecule has 1 amide bonds. The zero-order valence-electron chi connectivity index (χ0n) is 9.65. The molecular formula is C10H10F2N4OS. The summed E-state index contributed by atoms with van der Waals surface area (Å²) in [6, 6.07) is 1.23. The molecule has 0 atom stereocenters. The van der Waals surface area contributed by atoms with Gasteiger partial charge in [-0.2, -0.15) is 13.9 Å². The minimum atomic E-state index is -2.75. The van der Waals surface area contributed by atoms with Gasteiger partial charge in [0.15, 0.2) is 10.8 Å². The molecule has 0 bridgehead atoms. The summed E-state index contributed by atoms with van der Waals surface area (Å²) >= 11 is 1.32. The fourth-order valence-electron chi connectivity index (χ4n) is 1.26. The molecule has 8 heteroatoms. The molecule has 0 saturated heterocycles. The zero-order valence-corrected chi connectivity index (χ0v) is 10.5.